The maximum absolute atomic E-state index is 9.37. The Morgan fingerprint density at radius 3 is 2.95 bits per heavy atom. The number of benzene rings is 2. The van der Waals surface area contributed by atoms with Crippen molar-refractivity contribution < 1.29 is 14.8 Å². The van der Waals surface area contributed by atoms with E-state index in [1.165, 1.54) is 0 Å². The highest BCUT2D eigenvalue weighted by Crippen LogP contribution is 2.33. The fourth-order valence-electron chi connectivity index (χ4n) is 1.90. The van der Waals surface area contributed by atoms with Crippen LogP contribution in [-0.2, 0) is 11.4 Å². The molecule has 0 amide bonds. The van der Waals surface area contributed by atoms with Crippen molar-refractivity contribution in [1.29, 1.82) is 5.26 Å². The number of hydrogen-bond donors (Lipinski definition) is 1. The Morgan fingerprint density at radius 2 is 2.11 bits per heavy atom. The Balaban J connectivity index is 1.91. The minimum atomic E-state index is 0.295. The molecule has 0 radical (unpaired) electrons. The van der Waals surface area contributed by atoms with E-state index < -0.39 is 0 Å². The van der Waals surface area contributed by atoms with Crippen LogP contribution >= 0.6 is 0 Å². The summed E-state index contributed by atoms with van der Waals surface area (Å²) in [5.74, 6) is 1.10. The van der Waals surface area contributed by atoms with Gasteiger partial charge in [0, 0.05) is 5.56 Å². The highest BCUT2D eigenvalue weighted by atomic mass is 16.9. The number of hydrogen-bond acceptors (Lipinski definition) is 5. The van der Waals surface area contributed by atoms with E-state index in [1.54, 1.807) is 36.4 Å². The van der Waals surface area contributed by atoms with Gasteiger partial charge in [-0.2, -0.15) is 5.26 Å². The summed E-state index contributed by atoms with van der Waals surface area (Å²) in [6.45, 7) is 0.295. The predicted octanol–water partition coefficient (Wildman–Crippen LogP) is 2.99. The lowest BCUT2D eigenvalue weighted by Crippen LogP contribution is -2.10. The molecule has 0 bridgehead atoms. The molecule has 0 unspecified atom stereocenters. The minimum absolute atomic E-state index is 0.295. The van der Waals surface area contributed by atoms with Gasteiger partial charge in [0.1, 0.15) is 29.9 Å². The molecular formula is C14H10N2O3. The average molecular weight is 254 g/mol. The average Bonchev–Trinajstić information content (AvgIpc) is 2.81. The number of para-hydroxylation sites is 1. The first kappa shape index (κ1) is 11.5. The quantitative estimate of drug-likeness (QED) is 0.892. The second-order valence-electron chi connectivity index (χ2n) is 4.05. The lowest BCUT2D eigenvalue weighted by Gasteiger charge is -2.09. The first-order chi connectivity index (χ1) is 9.28. The summed E-state index contributed by atoms with van der Waals surface area (Å²) in [6, 6.07) is 14.3. The van der Waals surface area contributed by atoms with Gasteiger partial charge < -0.3 is 4.74 Å². The Morgan fingerprint density at radius 1 is 1.26 bits per heavy atom. The SMILES string of the molecule is N#Cc1ccccc1Oc1ccc2c(c1)CON2O. The van der Waals surface area contributed by atoms with Crippen molar-refractivity contribution >= 4 is 5.69 Å². The number of anilines is 1. The maximum atomic E-state index is 9.37. The normalized spacial score (nSPS) is 12.9. The second kappa shape index (κ2) is 4.61. The van der Waals surface area contributed by atoms with E-state index in [0.717, 1.165) is 10.8 Å². The Bertz CT molecular complexity index is 664. The van der Waals surface area contributed by atoms with Crippen LogP contribution in [-0.4, -0.2) is 5.21 Å². The molecule has 1 N–H and O–H groups in total. The molecule has 0 saturated heterocycles. The Hall–Kier alpha value is -2.55. The third kappa shape index (κ3) is 2.10. The largest absolute Gasteiger partial charge is 0.456 e. The van der Waals surface area contributed by atoms with Crippen LogP contribution in [0.3, 0.4) is 0 Å². The van der Waals surface area contributed by atoms with Gasteiger partial charge in [0.05, 0.1) is 5.56 Å². The molecule has 2 aromatic rings. The molecule has 0 aromatic heterocycles. The van der Waals surface area contributed by atoms with Crippen molar-refractivity contribution in [2.45, 2.75) is 6.61 Å². The van der Waals surface area contributed by atoms with E-state index in [-0.39, 0.29) is 0 Å². The zero-order valence-corrected chi connectivity index (χ0v) is 9.91. The van der Waals surface area contributed by atoms with Gasteiger partial charge in [0.25, 0.3) is 0 Å². The van der Waals surface area contributed by atoms with Crippen molar-refractivity contribution in [2.75, 3.05) is 5.23 Å². The van der Waals surface area contributed by atoms with Crippen molar-refractivity contribution in [3.05, 3.63) is 53.6 Å². The third-order valence-electron chi connectivity index (χ3n) is 2.83. The van der Waals surface area contributed by atoms with E-state index in [0.29, 0.717) is 29.4 Å². The first-order valence-corrected chi connectivity index (χ1v) is 5.70. The summed E-state index contributed by atoms with van der Waals surface area (Å²) in [4.78, 5) is 4.95. The molecule has 0 spiro atoms. The molecule has 5 heteroatoms. The van der Waals surface area contributed by atoms with E-state index >= 15 is 0 Å². The Labute approximate surface area is 109 Å². The van der Waals surface area contributed by atoms with Gasteiger partial charge in [-0.3, -0.25) is 5.21 Å². The van der Waals surface area contributed by atoms with Crippen LogP contribution in [0.4, 0.5) is 5.69 Å². The van der Waals surface area contributed by atoms with Crippen LogP contribution in [0.25, 0.3) is 0 Å². The molecule has 19 heavy (non-hydrogen) atoms. The molecule has 1 aliphatic heterocycles. The summed E-state index contributed by atoms with van der Waals surface area (Å²) in [7, 11) is 0. The Kier molecular flexibility index (Phi) is 2.80. The summed E-state index contributed by atoms with van der Waals surface area (Å²) < 4.78 is 5.68. The molecule has 0 fully saturated rings. The van der Waals surface area contributed by atoms with Crippen LogP contribution in [0, 0.1) is 11.3 Å². The molecule has 94 valence electrons. The van der Waals surface area contributed by atoms with Crippen LogP contribution in [0.5, 0.6) is 11.5 Å². The monoisotopic (exact) mass is 254 g/mol. The molecule has 3 rings (SSSR count). The third-order valence-corrected chi connectivity index (χ3v) is 2.83. The first-order valence-electron chi connectivity index (χ1n) is 5.70. The van der Waals surface area contributed by atoms with Gasteiger partial charge >= 0.3 is 0 Å². The fraction of sp³-hybridized carbons (Fsp3) is 0.0714. The number of ether oxygens (including phenoxy) is 1. The number of nitriles is 1. The van der Waals surface area contributed by atoms with Gasteiger partial charge in [0.2, 0.25) is 0 Å². The van der Waals surface area contributed by atoms with Gasteiger partial charge in [-0.05, 0) is 30.3 Å². The highest BCUT2D eigenvalue weighted by molar-refractivity contribution is 5.56. The molecule has 1 heterocycles. The minimum Gasteiger partial charge on any atom is -0.456 e. The molecule has 5 nitrogen and oxygen atoms in total. The predicted molar refractivity (Wildman–Crippen MR) is 66.7 cm³/mol. The van der Waals surface area contributed by atoms with Crippen LogP contribution in [0.2, 0.25) is 0 Å². The zero-order chi connectivity index (χ0) is 13.2. The van der Waals surface area contributed by atoms with Crippen molar-refractivity contribution in [3.63, 3.8) is 0 Å². The van der Waals surface area contributed by atoms with E-state index in [2.05, 4.69) is 6.07 Å². The summed E-state index contributed by atoms with van der Waals surface area (Å²) in [6.07, 6.45) is 0. The van der Waals surface area contributed by atoms with Gasteiger partial charge in [-0.25, -0.2) is 4.84 Å². The summed E-state index contributed by atoms with van der Waals surface area (Å²) in [5, 5.41) is 19.1. The number of rotatable bonds is 2. The van der Waals surface area contributed by atoms with Crippen LogP contribution < -0.4 is 9.96 Å². The van der Waals surface area contributed by atoms with Crippen molar-refractivity contribution in [3.8, 4) is 17.6 Å². The smallest absolute Gasteiger partial charge is 0.145 e. The van der Waals surface area contributed by atoms with Gasteiger partial charge in [-0.15, -0.1) is 5.23 Å². The summed E-state index contributed by atoms with van der Waals surface area (Å²) in [5.41, 5.74) is 1.90. The highest BCUT2D eigenvalue weighted by Gasteiger charge is 2.19. The van der Waals surface area contributed by atoms with Gasteiger partial charge in [0.15, 0.2) is 0 Å². The standard InChI is InChI=1S/C14H10N2O3/c15-8-10-3-1-2-4-14(10)19-12-5-6-13-11(7-12)9-18-16(13)17/h1-7,17H,9H2. The lowest BCUT2D eigenvalue weighted by molar-refractivity contribution is -0.0329. The molecule has 2 aromatic carbocycles. The van der Waals surface area contributed by atoms with E-state index in [4.69, 9.17) is 14.8 Å². The molecule has 0 saturated carbocycles. The van der Waals surface area contributed by atoms with E-state index in [1.807, 2.05) is 6.07 Å². The van der Waals surface area contributed by atoms with Gasteiger partial charge in [-0.1, -0.05) is 12.1 Å². The van der Waals surface area contributed by atoms with Crippen molar-refractivity contribution in [2.24, 2.45) is 0 Å². The number of nitrogens with zero attached hydrogens (tertiary/aromatic N) is 2. The number of fused-ring (bicyclic) bond motifs is 1. The second-order valence-corrected chi connectivity index (χ2v) is 4.05. The fourth-order valence-corrected chi connectivity index (χ4v) is 1.90. The summed E-state index contributed by atoms with van der Waals surface area (Å²) >= 11 is 0. The lowest BCUT2D eigenvalue weighted by atomic mass is 10.2. The van der Waals surface area contributed by atoms with Crippen LogP contribution in [0.1, 0.15) is 11.1 Å². The molecule has 1 aliphatic rings. The van der Waals surface area contributed by atoms with Crippen LogP contribution in [0.15, 0.2) is 42.5 Å². The molecule has 0 aliphatic carbocycles. The topological polar surface area (TPSA) is 65.7 Å². The molecular weight excluding hydrogens is 244 g/mol. The van der Waals surface area contributed by atoms with Crippen molar-refractivity contribution in [1.82, 2.24) is 0 Å². The maximum Gasteiger partial charge on any atom is 0.145 e. The van der Waals surface area contributed by atoms with E-state index in [9.17, 15) is 5.21 Å². The molecule has 0 atom stereocenters. The zero-order valence-electron chi connectivity index (χ0n) is 9.91.